The topological polar surface area (TPSA) is 86.6 Å². The van der Waals surface area contributed by atoms with Crippen LogP contribution in [0.15, 0.2) is 0 Å². The van der Waals surface area contributed by atoms with Gasteiger partial charge in [0, 0.05) is 18.6 Å². The van der Waals surface area contributed by atoms with E-state index in [1.54, 1.807) is 20.8 Å². The second-order valence-electron chi connectivity index (χ2n) is 5.99. The van der Waals surface area contributed by atoms with Crippen molar-refractivity contribution in [3.05, 3.63) is 0 Å². The van der Waals surface area contributed by atoms with Crippen molar-refractivity contribution in [1.29, 1.82) is 0 Å². The van der Waals surface area contributed by atoms with Crippen molar-refractivity contribution in [2.24, 2.45) is 11.3 Å². The third-order valence-corrected chi connectivity index (χ3v) is 4.18. The Bertz CT molecular complexity index is 329. The number of carbonyl (C=O) groups excluding carboxylic acids is 1. The molecule has 0 aromatic carbocycles. The minimum absolute atomic E-state index is 0.00893. The molecular formula is C14H27NO4. The molecule has 0 aliphatic rings. The Balaban J connectivity index is 4.81. The Labute approximate surface area is 115 Å². The number of aliphatic carboxylic acids is 1. The van der Waals surface area contributed by atoms with Gasteiger partial charge in [-0.25, -0.2) is 0 Å². The van der Waals surface area contributed by atoms with E-state index in [0.29, 0.717) is 12.8 Å². The van der Waals surface area contributed by atoms with Crippen molar-refractivity contribution < 1.29 is 19.8 Å². The number of nitrogens with one attached hydrogen (secondary N) is 1. The highest BCUT2D eigenvalue weighted by Crippen LogP contribution is 2.31. The number of carboxylic acid groups (broad SMARTS) is 1. The highest BCUT2D eigenvalue weighted by atomic mass is 16.4. The minimum Gasteiger partial charge on any atom is -0.481 e. The van der Waals surface area contributed by atoms with Crippen molar-refractivity contribution in [1.82, 2.24) is 5.32 Å². The van der Waals surface area contributed by atoms with Crippen LogP contribution in [0.25, 0.3) is 0 Å². The quantitative estimate of drug-likeness (QED) is 0.629. The van der Waals surface area contributed by atoms with Crippen molar-refractivity contribution in [2.75, 3.05) is 6.61 Å². The molecule has 0 saturated carbocycles. The van der Waals surface area contributed by atoms with Gasteiger partial charge in [-0.15, -0.1) is 0 Å². The maximum Gasteiger partial charge on any atom is 0.310 e. The van der Waals surface area contributed by atoms with Crippen LogP contribution in [0.4, 0.5) is 0 Å². The Morgan fingerprint density at radius 2 is 1.79 bits per heavy atom. The molecule has 0 radical (unpaired) electrons. The highest BCUT2D eigenvalue weighted by molar-refractivity contribution is 5.85. The van der Waals surface area contributed by atoms with E-state index in [-0.39, 0.29) is 24.9 Å². The summed E-state index contributed by atoms with van der Waals surface area (Å²) in [5.41, 5.74) is -1.56. The van der Waals surface area contributed by atoms with E-state index >= 15 is 0 Å². The van der Waals surface area contributed by atoms with Crippen molar-refractivity contribution in [3.63, 3.8) is 0 Å². The van der Waals surface area contributed by atoms with Gasteiger partial charge in [0.15, 0.2) is 0 Å². The summed E-state index contributed by atoms with van der Waals surface area (Å²) in [6, 6.07) is 0. The molecule has 0 heterocycles. The van der Waals surface area contributed by atoms with E-state index in [1.807, 2.05) is 13.8 Å². The van der Waals surface area contributed by atoms with E-state index in [9.17, 15) is 14.7 Å². The number of aliphatic hydroxyl groups is 1. The Kier molecular flexibility index (Phi) is 6.49. The predicted octanol–water partition coefficient (Wildman–Crippen LogP) is 1.79. The molecule has 0 bridgehead atoms. The SMILES string of the molecule is CCC(C)(CCO)NC(=O)CC(C)(C(=O)O)C(C)C. The van der Waals surface area contributed by atoms with Gasteiger partial charge in [-0.3, -0.25) is 9.59 Å². The van der Waals surface area contributed by atoms with E-state index in [4.69, 9.17) is 5.11 Å². The zero-order valence-corrected chi connectivity index (χ0v) is 12.6. The molecule has 0 fully saturated rings. The smallest absolute Gasteiger partial charge is 0.310 e. The molecule has 2 unspecified atom stereocenters. The maximum atomic E-state index is 12.1. The first-order chi connectivity index (χ1) is 8.61. The minimum atomic E-state index is -1.07. The zero-order chi connectivity index (χ0) is 15.3. The lowest BCUT2D eigenvalue weighted by Crippen LogP contribution is -2.49. The van der Waals surface area contributed by atoms with Gasteiger partial charge in [0.1, 0.15) is 0 Å². The lowest BCUT2D eigenvalue weighted by molar-refractivity contribution is -0.154. The molecule has 5 heteroatoms. The lowest BCUT2D eigenvalue weighted by Gasteiger charge is -2.33. The lowest BCUT2D eigenvalue weighted by atomic mass is 9.76. The van der Waals surface area contributed by atoms with Gasteiger partial charge in [-0.2, -0.15) is 0 Å². The van der Waals surface area contributed by atoms with E-state index in [0.717, 1.165) is 0 Å². The summed E-state index contributed by atoms with van der Waals surface area (Å²) in [5.74, 6) is -1.38. The third kappa shape index (κ3) is 4.82. The van der Waals surface area contributed by atoms with Crippen molar-refractivity contribution in [2.45, 2.75) is 59.4 Å². The van der Waals surface area contributed by atoms with Crippen molar-refractivity contribution >= 4 is 11.9 Å². The summed E-state index contributed by atoms with van der Waals surface area (Å²) in [5, 5.41) is 21.1. The fourth-order valence-electron chi connectivity index (χ4n) is 1.82. The Morgan fingerprint density at radius 1 is 1.26 bits per heavy atom. The molecule has 19 heavy (non-hydrogen) atoms. The van der Waals surface area contributed by atoms with E-state index in [2.05, 4.69) is 5.32 Å². The summed E-state index contributed by atoms with van der Waals surface area (Å²) in [6.45, 7) is 8.96. The van der Waals surface area contributed by atoms with Gasteiger partial charge in [-0.05, 0) is 32.6 Å². The fraction of sp³-hybridized carbons (Fsp3) is 0.857. The van der Waals surface area contributed by atoms with Crippen LogP contribution in [0.5, 0.6) is 0 Å². The molecule has 0 rings (SSSR count). The maximum absolute atomic E-state index is 12.1. The van der Waals surface area contributed by atoms with Crippen LogP contribution in [0, 0.1) is 11.3 Å². The number of carbonyl (C=O) groups is 2. The third-order valence-electron chi connectivity index (χ3n) is 4.18. The summed E-state index contributed by atoms with van der Waals surface area (Å²) in [4.78, 5) is 23.4. The van der Waals surface area contributed by atoms with Gasteiger partial charge >= 0.3 is 5.97 Å². The largest absolute Gasteiger partial charge is 0.481 e. The Morgan fingerprint density at radius 3 is 2.11 bits per heavy atom. The van der Waals surface area contributed by atoms with Gasteiger partial charge in [0.25, 0.3) is 0 Å². The monoisotopic (exact) mass is 273 g/mol. The number of aliphatic hydroxyl groups excluding tert-OH is 1. The summed E-state index contributed by atoms with van der Waals surface area (Å²) < 4.78 is 0. The number of amides is 1. The second-order valence-corrected chi connectivity index (χ2v) is 5.99. The molecule has 0 aromatic heterocycles. The average molecular weight is 273 g/mol. The van der Waals surface area contributed by atoms with Crippen LogP contribution in [0.1, 0.15) is 53.9 Å². The summed E-state index contributed by atoms with van der Waals surface area (Å²) in [6.07, 6.45) is 1.09. The van der Waals surface area contributed by atoms with Gasteiger partial charge < -0.3 is 15.5 Å². The molecule has 2 atom stereocenters. The van der Waals surface area contributed by atoms with Crippen LogP contribution < -0.4 is 5.32 Å². The molecule has 0 aliphatic heterocycles. The predicted molar refractivity (Wildman–Crippen MR) is 73.7 cm³/mol. The van der Waals surface area contributed by atoms with Crippen LogP contribution >= 0.6 is 0 Å². The fourth-order valence-corrected chi connectivity index (χ4v) is 1.82. The van der Waals surface area contributed by atoms with E-state index in [1.165, 1.54) is 0 Å². The zero-order valence-electron chi connectivity index (χ0n) is 12.6. The molecule has 1 amide bonds. The molecule has 0 saturated heterocycles. The number of hydrogen-bond acceptors (Lipinski definition) is 3. The molecule has 3 N–H and O–H groups in total. The van der Waals surface area contributed by atoms with Crippen molar-refractivity contribution in [3.8, 4) is 0 Å². The molecule has 0 aliphatic carbocycles. The Hall–Kier alpha value is -1.10. The molecule has 0 aromatic rings. The molecular weight excluding hydrogens is 246 g/mol. The second kappa shape index (κ2) is 6.89. The summed E-state index contributed by atoms with van der Waals surface area (Å²) >= 11 is 0. The average Bonchev–Trinajstić information content (AvgIpc) is 2.28. The number of carboxylic acids is 1. The van der Waals surface area contributed by atoms with Gasteiger partial charge in [-0.1, -0.05) is 20.8 Å². The molecule has 5 nitrogen and oxygen atoms in total. The first-order valence-electron chi connectivity index (χ1n) is 6.76. The van der Waals surface area contributed by atoms with E-state index < -0.39 is 16.9 Å². The highest BCUT2D eigenvalue weighted by Gasteiger charge is 2.39. The molecule has 0 spiro atoms. The first-order valence-corrected chi connectivity index (χ1v) is 6.76. The van der Waals surface area contributed by atoms with Crippen LogP contribution in [0.3, 0.4) is 0 Å². The number of rotatable bonds is 8. The first kappa shape index (κ1) is 17.9. The standard InChI is InChI=1S/C14H27NO4/c1-6-13(4,7-8-16)15-11(17)9-14(5,10(2)3)12(18)19/h10,16H,6-9H2,1-5H3,(H,15,17)(H,18,19). The van der Waals surface area contributed by atoms with Gasteiger partial charge in [0.2, 0.25) is 5.91 Å². The van der Waals surface area contributed by atoms with Crippen LogP contribution in [0.2, 0.25) is 0 Å². The van der Waals surface area contributed by atoms with Crippen LogP contribution in [-0.4, -0.2) is 34.2 Å². The summed E-state index contributed by atoms with van der Waals surface area (Å²) in [7, 11) is 0. The van der Waals surface area contributed by atoms with Gasteiger partial charge in [0.05, 0.1) is 5.41 Å². The number of hydrogen-bond donors (Lipinski definition) is 3. The normalized spacial score (nSPS) is 17.6. The molecule has 112 valence electrons. The van der Waals surface area contributed by atoms with Crippen LogP contribution in [-0.2, 0) is 9.59 Å².